The Labute approximate surface area is 141 Å². The van der Waals surface area contributed by atoms with E-state index in [0.717, 1.165) is 22.4 Å². The fourth-order valence-electron chi connectivity index (χ4n) is 2.80. The maximum Gasteiger partial charge on any atom is 0.268 e. The number of nitrogens with one attached hydrogen (secondary N) is 2. The highest BCUT2D eigenvalue weighted by Gasteiger charge is 2.21. The predicted molar refractivity (Wildman–Crippen MR) is 92.3 cm³/mol. The molecule has 0 radical (unpaired) electrons. The van der Waals surface area contributed by atoms with Crippen LogP contribution in [0.1, 0.15) is 57.1 Å². The molecule has 0 saturated carbocycles. The lowest BCUT2D eigenvalue weighted by atomic mass is 10.0. The second-order valence-electron chi connectivity index (χ2n) is 5.64. The molecule has 0 fully saturated rings. The zero-order chi connectivity index (χ0) is 17.1. The Morgan fingerprint density at radius 1 is 1.26 bits per heavy atom. The van der Waals surface area contributed by atoms with Gasteiger partial charge in [0.2, 0.25) is 0 Å². The summed E-state index contributed by atoms with van der Waals surface area (Å²) in [5.74, 6) is -0.239. The molecule has 5 heteroatoms. The van der Waals surface area contributed by atoms with Crippen molar-refractivity contribution in [1.82, 2.24) is 10.3 Å². The minimum absolute atomic E-state index is 0.0275. The van der Waals surface area contributed by atoms with Gasteiger partial charge in [-0.25, -0.2) is 0 Å². The van der Waals surface area contributed by atoms with E-state index >= 15 is 0 Å². The second-order valence-corrected chi connectivity index (χ2v) is 6.08. The Hall–Kier alpha value is -2.07. The number of halogens is 1. The Bertz CT molecular complexity index is 763. The van der Waals surface area contributed by atoms with Gasteiger partial charge in [-0.1, -0.05) is 24.6 Å². The van der Waals surface area contributed by atoms with Crippen molar-refractivity contribution >= 4 is 23.3 Å². The van der Waals surface area contributed by atoms with Crippen molar-refractivity contribution in [2.45, 2.75) is 40.7 Å². The van der Waals surface area contributed by atoms with Crippen molar-refractivity contribution in [2.75, 3.05) is 0 Å². The number of benzene rings is 1. The number of hydrogen-bond acceptors (Lipinski definition) is 2. The number of hydrogen-bond donors (Lipinski definition) is 2. The van der Waals surface area contributed by atoms with Crippen LogP contribution in [-0.4, -0.2) is 16.7 Å². The van der Waals surface area contributed by atoms with Crippen LogP contribution < -0.4 is 5.32 Å². The summed E-state index contributed by atoms with van der Waals surface area (Å²) < 4.78 is 0. The summed E-state index contributed by atoms with van der Waals surface area (Å²) in [6.07, 6.45) is 0.623. The monoisotopic (exact) mass is 332 g/mol. The fourth-order valence-corrected chi connectivity index (χ4v) is 2.99. The first-order chi connectivity index (χ1) is 10.8. The highest BCUT2D eigenvalue weighted by atomic mass is 35.5. The Morgan fingerprint density at radius 3 is 2.57 bits per heavy atom. The van der Waals surface area contributed by atoms with E-state index in [1.54, 1.807) is 0 Å². The molecule has 1 amide bonds. The van der Waals surface area contributed by atoms with Gasteiger partial charge in [-0.05, 0) is 56.0 Å². The van der Waals surface area contributed by atoms with Crippen molar-refractivity contribution in [3.8, 4) is 0 Å². The van der Waals surface area contributed by atoms with E-state index in [2.05, 4.69) is 10.3 Å². The SMILES string of the molecule is CCc1c(C(=O)NCc2cc(Cl)ccc2C)[nH]c(C)c1C(C)=O. The van der Waals surface area contributed by atoms with E-state index in [1.165, 1.54) is 6.92 Å². The number of Topliss-reactive ketones (excluding diaryl/α,β-unsaturated/α-hetero) is 1. The number of carbonyl (C=O) groups excluding carboxylic acids is 2. The Balaban J connectivity index is 2.23. The van der Waals surface area contributed by atoms with E-state index in [4.69, 9.17) is 11.6 Å². The van der Waals surface area contributed by atoms with Crippen LogP contribution in [-0.2, 0) is 13.0 Å². The van der Waals surface area contributed by atoms with Gasteiger partial charge in [0.1, 0.15) is 5.69 Å². The van der Waals surface area contributed by atoms with E-state index in [-0.39, 0.29) is 11.7 Å². The van der Waals surface area contributed by atoms with Crippen molar-refractivity contribution in [2.24, 2.45) is 0 Å². The second kappa shape index (κ2) is 7.01. The molecule has 0 aliphatic heterocycles. The number of aromatic amines is 1. The largest absolute Gasteiger partial charge is 0.354 e. The van der Waals surface area contributed by atoms with E-state index < -0.39 is 0 Å². The molecule has 2 N–H and O–H groups in total. The minimum Gasteiger partial charge on any atom is -0.354 e. The first-order valence-corrected chi connectivity index (χ1v) is 7.98. The first kappa shape index (κ1) is 17.3. The molecule has 23 heavy (non-hydrogen) atoms. The van der Waals surface area contributed by atoms with Crippen LogP contribution in [0.4, 0.5) is 0 Å². The molecule has 0 unspecified atom stereocenters. The first-order valence-electron chi connectivity index (χ1n) is 7.60. The molecular formula is C18H21ClN2O2. The van der Waals surface area contributed by atoms with Crippen LogP contribution in [0.5, 0.6) is 0 Å². The van der Waals surface area contributed by atoms with Crippen molar-refractivity contribution in [3.63, 3.8) is 0 Å². The average molecular weight is 333 g/mol. The maximum absolute atomic E-state index is 12.5. The van der Waals surface area contributed by atoms with Crippen molar-refractivity contribution < 1.29 is 9.59 Å². The standard InChI is InChI=1S/C18H21ClN2O2/c1-5-15-16(12(4)22)11(3)21-17(15)18(23)20-9-13-8-14(19)7-6-10(13)2/h6-8,21H,5,9H2,1-4H3,(H,20,23). The van der Waals surface area contributed by atoms with Gasteiger partial charge < -0.3 is 10.3 Å². The van der Waals surface area contributed by atoms with Crippen LogP contribution in [0.2, 0.25) is 5.02 Å². The molecule has 1 aromatic heterocycles. The highest BCUT2D eigenvalue weighted by Crippen LogP contribution is 2.21. The topological polar surface area (TPSA) is 62.0 Å². The number of ketones is 1. The molecule has 4 nitrogen and oxygen atoms in total. The lowest BCUT2D eigenvalue weighted by molar-refractivity contribution is 0.0945. The summed E-state index contributed by atoms with van der Waals surface area (Å²) in [7, 11) is 0. The van der Waals surface area contributed by atoms with Crippen LogP contribution in [0.3, 0.4) is 0 Å². The number of carbonyl (C=O) groups is 2. The lowest BCUT2D eigenvalue weighted by Crippen LogP contribution is -2.24. The van der Waals surface area contributed by atoms with Gasteiger partial charge in [0.15, 0.2) is 5.78 Å². The van der Waals surface area contributed by atoms with Crippen LogP contribution in [0, 0.1) is 13.8 Å². The number of amides is 1. The van der Waals surface area contributed by atoms with E-state index in [0.29, 0.717) is 29.2 Å². The third-order valence-corrected chi connectivity index (χ3v) is 4.21. The molecule has 0 bridgehead atoms. The van der Waals surface area contributed by atoms with Gasteiger partial charge in [0, 0.05) is 22.8 Å². The van der Waals surface area contributed by atoms with Crippen LogP contribution >= 0.6 is 11.6 Å². The molecule has 2 rings (SSSR count). The molecule has 0 spiro atoms. The predicted octanol–water partition coefficient (Wildman–Crippen LogP) is 3.98. The average Bonchev–Trinajstić information content (AvgIpc) is 2.84. The molecule has 0 aliphatic carbocycles. The summed E-state index contributed by atoms with van der Waals surface area (Å²) in [4.78, 5) is 27.3. The summed E-state index contributed by atoms with van der Waals surface area (Å²) >= 11 is 6.00. The molecule has 1 aromatic carbocycles. The summed E-state index contributed by atoms with van der Waals surface area (Å²) in [5, 5.41) is 3.54. The third kappa shape index (κ3) is 3.64. The molecular weight excluding hydrogens is 312 g/mol. The highest BCUT2D eigenvalue weighted by molar-refractivity contribution is 6.30. The molecule has 2 aromatic rings. The molecule has 0 saturated heterocycles. The maximum atomic E-state index is 12.5. The quantitative estimate of drug-likeness (QED) is 0.813. The fraction of sp³-hybridized carbons (Fsp3) is 0.333. The van der Waals surface area contributed by atoms with Crippen LogP contribution in [0.25, 0.3) is 0 Å². The summed E-state index contributed by atoms with van der Waals surface area (Å²) in [5.41, 5.74) is 4.64. The van der Waals surface area contributed by atoms with Crippen molar-refractivity contribution in [1.29, 1.82) is 0 Å². The number of aromatic nitrogens is 1. The molecule has 0 aliphatic rings. The van der Waals surface area contributed by atoms with Gasteiger partial charge in [-0.3, -0.25) is 9.59 Å². The van der Waals surface area contributed by atoms with Crippen LogP contribution in [0.15, 0.2) is 18.2 Å². The number of aryl methyl sites for hydroxylation is 2. The van der Waals surface area contributed by atoms with Crippen molar-refractivity contribution in [3.05, 3.63) is 56.9 Å². The normalized spacial score (nSPS) is 10.7. The zero-order valence-electron chi connectivity index (χ0n) is 13.8. The van der Waals surface area contributed by atoms with Gasteiger partial charge >= 0.3 is 0 Å². The minimum atomic E-state index is -0.211. The lowest BCUT2D eigenvalue weighted by Gasteiger charge is -2.09. The number of rotatable bonds is 5. The third-order valence-electron chi connectivity index (χ3n) is 3.97. The van der Waals surface area contributed by atoms with E-state index in [9.17, 15) is 9.59 Å². The Kier molecular flexibility index (Phi) is 5.26. The zero-order valence-corrected chi connectivity index (χ0v) is 14.6. The Morgan fingerprint density at radius 2 is 1.96 bits per heavy atom. The molecule has 122 valence electrons. The summed E-state index contributed by atoms with van der Waals surface area (Å²) in [6.45, 7) is 7.64. The van der Waals surface area contributed by atoms with Gasteiger partial charge in [0.05, 0.1) is 0 Å². The number of H-pyrrole nitrogens is 1. The van der Waals surface area contributed by atoms with Gasteiger partial charge in [-0.15, -0.1) is 0 Å². The molecule has 1 heterocycles. The van der Waals surface area contributed by atoms with Gasteiger partial charge in [-0.2, -0.15) is 0 Å². The van der Waals surface area contributed by atoms with Gasteiger partial charge in [0.25, 0.3) is 5.91 Å². The smallest absolute Gasteiger partial charge is 0.268 e. The molecule has 0 atom stereocenters. The summed E-state index contributed by atoms with van der Waals surface area (Å²) in [6, 6.07) is 5.59. The van der Waals surface area contributed by atoms with E-state index in [1.807, 2.05) is 39.0 Å².